The Balaban J connectivity index is 2.22. The third kappa shape index (κ3) is 6.84. The van der Waals surface area contributed by atoms with Gasteiger partial charge in [-0.25, -0.2) is 0 Å². The van der Waals surface area contributed by atoms with Crippen LogP contribution in [0, 0.1) is 6.92 Å². The van der Waals surface area contributed by atoms with Gasteiger partial charge in [0.05, 0.1) is 0 Å². The highest BCUT2D eigenvalue weighted by atomic mass is 16.5. The second kappa shape index (κ2) is 11.0. The monoisotopic (exact) mass is 424 g/mol. The van der Waals surface area contributed by atoms with Gasteiger partial charge in [-0.3, -0.25) is 9.59 Å². The highest BCUT2D eigenvalue weighted by molar-refractivity contribution is 5.88. The smallest absolute Gasteiger partial charge is 0.261 e. The number of nitrogens with one attached hydrogen (secondary N) is 1. The molecule has 0 spiro atoms. The Kier molecular flexibility index (Phi) is 8.66. The second-order valence-corrected chi connectivity index (χ2v) is 8.95. The molecule has 0 saturated heterocycles. The minimum absolute atomic E-state index is 0.103. The molecule has 5 nitrogen and oxygen atoms in total. The first kappa shape index (κ1) is 24.4. The van der Waals surface area contributed by atoms with E-state index in [1.165, 1.54) is 0 Å². The molecule has 1 unspecified atom stereocenters. The van der Waals surface area contributed by atoms with Gasteiger partial charge in [0.1, 0.15) is 11.8 Å². The molecule has 0 aliphatic rings. The summed E-state index contributed by atoms with van der Waals surface area (Å²) in [5.74, 6) is 0.326. The lowest BCUT2D eigenvalue weighted by Gasteiger charge is -2.30. The molecular formula is C26H36N2O3. The molecule has 0 aliphatic heterocycles. The van der Waals surface area contributed by atoms with E-state index in [9.17, 15) is 9.59 Å². The molecule has 1 atom stereocenters. The number of carbonyl (C=O) groups is 2. The van der Waals surface area contributed by atoms with Crippen molar-refractivity contribution in [2.45, 2.75) is 66.0 Å². The Labute approximate surface area is 186 Å². The van der Waals surface area contributed by atoms with Crippen molar-refractivity contribution in [3.8, 4) is 5.75 Å². The van der Waals surface area contributed by atoms with Crippen molar-refractivity contribution < 1.29 is 14.3 Å². The van der Waals surface area contributed by atoms with Crippen molar-refractivity contribution in [1.82, 2.24) is 10.2 Å². The topological polar surface area (TPSA) is 58.6 Å². The molecule has 0 aliphatic carbocycles. The third-order valence-electron chi connectivity index (χ3n) is 5.36. The number of carbonyl (C=O) groups excluding carboxylic acids is 2. The van der Waals surface area contributed by atoms with Gasteiger partial charge in [0.25, 0.3) is 5.91 Å². The summed E-state index contributed by atoms with van der Waals surface area (Å²) in [6.07, 6.45) is 0.844. The van der Waals surface area contributed by atoms with E-state index in [1.807, 2.05) is 62.4 Å². The molecule has 1 N–H and O–H groups in total. The van der Waals surface area contributed by atoms with Crippen molar-refractivity contribution in [2.75, 3.05) is 13.2 Å². The van der Waals surface area contributed by atoms with Gasteiger partial charge in [0.2, 0.25) is 5.91 Å². The van der Waals surface area contributed by atoms with E-state index in [-0.39, 0.29) is 23.8 Å². The zero-order chi connectivity index (χ0) is 23.0. The van der Waals surface area contributed by atoms with Crippen LogP contribution in [-0.4, -0.2) is 35.9 Å². The number of hydrogen-bond acceptors (Lipinski definition) is 3. The summed E-state index contributed by atoms with van der Waals surface area (Å²) in [4.78, 5) is 27.5. The molecule has 0 aromatic heterocycles. The van der Waals surface area contributed by atoms with Crippen LogP contribution in [0.25, 0.3) is 0 Å². The van der Waals surface area contributed by atoms with Crippen LogP contribution >= 0.6 is 0 Å². The van der Waals surface area contributed by atoms with Gasteiger partial charge in [0, 0.05) is 13.1 Å². The van der Waals surface area contributed by atoms with Crippen LogP contribution in [0.5, 0.6) is 5.75 Å². The number of benzene rings is 2. The van der Waals surface area contributed by atoms with Crippen LogP contribution in [-0.2, 0) is 21.5 Å². The fourth-order valence-corrected chi connectivity index (χ4v) is 3.38. The zero-order valence-corrected chi connectivity index (χ0v) is 19.7. The fourth-order valence-electron chi connectivity index (χ4n) is 3.38. The molecule has 2 rings (SSSR count). The van der Waals surface area contributed by atoms with Gasteiger partial charge in [-0.05, 0) is 48.4 Å². The summed E-state index contributed by atoms with van der Waals surface area (Å²) < 4.78 is 5.96. The predicted molar refractivity (Wildman–Crippen MR) is 125 cm³/mol. The van der Waals surface area contributed by atoms with E-state index in [1.54, 1.807) is 11.8 Å². The number of amides is 2. The molecule has 2 aromatic rings. The minimum atomic E-state index is -0.597. The first-order valence-electron chi connectivity index (χ1n) is 11.0. The van der Waals surface area contributed by atoms with Gasteiger partial charge in [0.15, 0.2) is 6.61 Å². The summed E-state index contributed by atoms with van der Waals surface area (Å²) >= 11 is 0. The Hall–Kier alpha value is -2.82. The minimum Gasteiger partial charge on any atom is -0.483 e. The van der Waals surface area contributed by atoms with Crippen LogP contribution < -0.4 is 10.1 Å². The van der Waals surface area contributed by atoms with Crippen molar-refractivity contribution in [3.05, 3.63) is 65.2 Å². The van der Waals surface area contributed by atoms with Crippen LogP contribution in [0.2, 0.25) is 0 Å². The average Bonchev–Trinajstić information content (AvgIpc) is 2.74. The standard InChI is InChI=1S/C26H36N2O3/c1-7-16-27-25(30)20(3)28(17-21-13-9-8-12-19(21)2)24(29)18-31-23-15-11-10-14-22(23)26(4,5)6/h8-15,20H,7,16-18H2,1-6H3,(H,27,30). The molecule has 31 heavy (non-hydrogen) atoms. The summed E-state index contributed by atoms with van der Waals surface area (Å²) in [6.45, 7) is 12.9. The van der Waals surface area contributed by atoms with Crippen molar-refractivity contribution in [1.29, 1.82) is 0 Å². The van der Waals surface area contributed by atoms with E-state index in [4.69, 9.17) is 4.74 Å². The third-order valence-corrected chi connectivity index (χ3v) is 5.36. The van der Waals surface area contributed by atoms with Gasteiger partial charge in [-0.2, -0.15) is 0 Å². The number of hydrogen-bond donors (Lipinski definition) is 1. The molecule has 0 radical (unpaired) electrons. The Bertz CT molecular complexity index is 886. The van der Waals surface area contributed by atoms with Gasteiger partial charge in [-0.1, -0.05) is 70.2 Å². The van der Waals surface area contributed by atoms with Crippen LogP contribution in [0.15, 0.2) is 48.5 Å². The quantitative estimate of drug-likeness (QED) is 0.639. The Morgan fingerprint density at radius 1 is 1.06 bits per heavy atom. The van der Waals surface area contributed by atoms with Crippen LogP contribution in [0.4, 0.5) is 0 Å². The first-order chi connectivity index (χ1) is 14.6. The molecule has 5 heteroatoms. The zero-order valence-electron chi connectivity index (χ0n) is 19.7. The number of rotatable bonds is 9. The highest BCUT2D eigenvalue weighted by Crippen LogP contribution is 2.31. The Morgan fingerprint density at radius 2 is 1.71 bits per heavy atom. The van der Waals surface area contributed by atoms with Gasteiger partial charge >= 0.3 is 0 Å². The summed E-state index contributed by atoms with van der Waals surface area (Å²) in [7, 11) is 0. The van der Waals surface area contributed by atoms with Gasteiger partial charge in [-0.15, -0.1) is 0 Å². The van der Waals surface area contributed by atoms with Gasteiger partial charge < -0.3 is 15.0 Å². The normalized spacial score (nSPS) is 12.2. The Morgan fingerprint density at radius 3 is 2.35 bits per heavy atom. The lowest BCUT2D eigenvalue weighted by molar-refractivity contribution is -0.142. The molecule has 0 heterocycles. The summed E-state index contributed by atoms with van der Waals surface area (Å²) in [6, 6.07) is 15.1. The largest absolute Gasteiger partial charge is 0.483 e. The SMILES string of the molecule is CCCNC(=O)C(C)N(Cc1ccccc1C)C(=O)COc1ccccc1C(C)(C)C. The molecule has 0 bridgehead atoms. The second-order valence-electron chi connectivity index (χ2n) is 8.95. The van der Waals surface area contributed by atoms with E-state index in [2.05, 4.69) is 26.1 Å². The molecule has 168 valence electrons. The molecular weight excluding hydrogens is 388 g/mol. The molecule has 2 aromatic carbocycles. The molecule has 2 amide bonds. The number of para-hydroxylation sites is 1. The van der Waals surface area contributed by atoms with Crippen LogP contribution in [0.1, 0.15) is 57.7 Å². The molecule has 0 fully saturated rings. The highest BCUT2D eigenvalue weighted by Gasteiger charge is 2.27. The average molecular weight is 425 g/mol. The number of nitrogens with zero attached hydrogens (tertiary/aromatic N) is 1. The predicted octanol–water partition coefficient (Wildman–Crippen LogP) is 4.61. The van der Waals surface area contributed by atoms with Crippen molar-refractivity contribution in [2.24, 2.45) is 0 Å². The van der Waals surface area contributed by atoms with E-state index >= 15 is 0 Å². The summed E-state index contributed by atoms with van der Waals surface area (Å²) in [5, 5.41) is 2.90. The van der Waals surface area contributed by atoms with E-state index in [0.29, 0.717) is 18.8 Å². The van der Waals surface area contributed by atoms with Crippen molar-refractivity contribution >= 4 is 11.8 Å². The van der Waals surface area contributed by atoms with Crippen molar-refractivity contribution in [3.63, 3.8) is 0 Å². The van der Waals surface area contributed by atoms with E-state index in [0.717, 1.165) is 23.1 Å². The first-order valence-corrected chi connectivity index (χ1v) is 11.0. The number of aryl methyl sites for hydroxylation is 1. The lowest BCUT2D eigenvalue weighted by Crippen LogP contribution is -2.49. The maximum atomic E-state index is 13.2. The summed E-state index contributed by atoms with van der Waals surface area (Å²) in [5.41, 5.74) is 3.04. The van der Waals surface area contributed by atoms with E-state index < -0.39 is 6.04 Å². The number of ether oxygens (including phenoxy) is 1. The lowest BCUT2D eigenvalue weighted by atomic mass is 9.86. The van der Waals surface area contributed by atoms with Crippen LogP contribution in [0.3, 0.4) is 0 Å². The molecule has 0 saturated carbocycles. The maximum Gasteiger partial charge on any atom is 0.261 e. The maximum absolute atomic E-state index is 13.2. The fraction of sp³-hybridized carbons (Fsp3) is 0.462.